The van der Waals surface area contributed by atoms with Crippen molar-refractivity contribution in [3.05, 3.63) is 29.7 Å². The molecule has 0 bridgehead atoms. The lowest BCUT2D eigenvalue weighted by Crippen LogP contribution is -2.57. The van der Waals surface area contributed by atoms with Gasteiger partial charge < -0.3 is 5.11 Å². The van der Waals surface area contributed by atoms with Gasteiger partial charge in [-0.15, -0.1) is 0 Å². The van der Waals surface area contributed by atoms with E-state index in [0.29, 0.717) is 5.69 Å². The van der Waals surface area contributed by atoms with Crippen LogP contribution in [0.3, 0.4) is 0 Å². The topological polar surface area (TPSA) is 70.4 Å². The number of rotatable bonds is 4. The molecule has 0 radical (unpaired) electrons. The van der Waals surface area contributed by atoms with Crippen molar-refractivity contribution < 1.29 is 27.5 Å². The molecule has 1 atom stereocenters. The van der Waals surface area contributed by atoms with E-state index in [1.54, 1.807) is 13.0 Å². The lowest BCUT2D eigenvalue weighted by molar-refractivity contribution is -0.184. The van der Waals surface area contributed by atoms with E-state index < -0.39 is 36.7 Å². The third-order valence-electron chi connectivity index (χ3n) is 2.84. The molecule has 0 aliphatic carbocycles. The first-order valence-electron chi connectivity index (χ1n) is 5.85. The summed E-state index contributed by atoms with van der Waals surface area (Å²) in [5.74, 6) is -1.03. The summed E-state index contributed by atoms with van der Waals surface area (Å²) in [6.07, 6.45) is -4.91. The Bertz CT molecular complexity index is 574. The van der Waals surface area contributed by atoms with Crippen LogP contribution in [0.25, 0.3) is 0 Å². The van der Waals surface area contributed by atoms with Crippen LogP contribution in [0.2, 0.25) is 0 Å². The molecule has 2 heterocycles. The third-order valence-corrected chi connectivity index (χ3v) is 2.84. The van der Waals surface area contributed by atoms with Gasteiger partial charge in [0.05, 0.1) is 11.4 Å². The monoisotopic (exact) mass is 308 g/mol. The molecule has 21 heavy (non-hydrogen) atoms. The van der Waals surface area contributed by atoms with Crippen molar-refractivity contribution in [2.45, 2.75) is 32.0 Å². The maximum absolute atomic E-state index is 12.9. The molecule has 0 saturated heterocycles. The second-order valence-electron chi connectivity index (χ2n) is 4.48. The number of carbonyl (C=O) groups is 1. The molecule has 2 N–H and O–H groups in total. The van der Waals surface area contributed by atoms with E-state index in [1.807, 2.05) is 5.43 Å². The first-order valence-corrected chi connectivity index (χ1v) is 5.85. The van der Waals surface area contributed by atoms with Crippen LogP contribution in [-0.4, -0.2) is 44.4 Å². The van der Waals surface area contributed by atoms with Crippen molar-refractivity contribution in [3.8, 4) is 0 Å². The van der Waals surface area contributed by atoms with E-state index in [4.69, 9.17) is 0 Å². The number of hydrogen-bond donors (Lipinski definition) is 2. The van der Waals surface area contributed by atoms with Crippen LogP contribution in [0.1, 0.15) is 5.69 Å². The Morgan fingerprint density at radius 2 is 2.14 bits per heavy atom. The van der Waals surface area contributed by atoms with E-state index in [0.717, 1.165) is 4.68 Å². The number of nitrogens with zero attached hydrogens (tertiary/aromatic N) is 3. The SMILES string of the molecule is Cc1ccn(CC(=O)N2NC(C(F)F)=CC2(O)C(F)F)n1. The normalized spacial score (nSPS) is 21.9. The molecule has 2 rings (SSSR count). The van der Waals surface area contributed by atoms with E-state index in [-0.39, 0.29) is 11.1 Å². The number of alkyl halides is 4. The van der Waals surface area contributed by atoms with Crippen molar-refractivity contribution in [3.63, 3.8) is 0 Å². The number of allylic oxidation sites excluding steroid dienone is 1. The number of nitrogens with one attached hydrogen (secondary N) is 1. The first kappa shape index (κ1) is 15.3. The number of aliphatic hydroxyl groups is 1. The fourth-order valence-corrected chi connectivity index (χ4v) is 1.84. The van der Waals surface area contributed by atoms with Crippen molar-refractivity contribution in [2.24, 2.45) is 0 Å². The standard InChI is InChI=1S/C11H12F4N4O2/c1-6-2-3-18(16-6)5-8(20)19-11(21,10(14)15)4-7(17-19)9(12)13/h2-4,9-10,17,21H,5H2,1H3. The number of hydrogen-bond acceptors (Lipinski definition) is 4. The molecule has 1 unspecified atom stereocenters. The predicted octanol–water partition coefficient (Wildman–Crippen LogP) is 0.641. The minimum Gasteiger partial charge on any atom is -0.361 e. The molecule has 0 fully saturated rings. The summed E-state index contributed by atoms with van der Waals surface area (Å²) in [6.45, 7) is 1.17. The Kier molecular flexibility index (Phi) is 3.90. The zero-order chi connectivity index (χ0) is 15.8. The molecular weight excluding hydrogens is 296 g/mol. The first-order chi connectivity index (χ1) is 9.74. The Morgan fingerprint density at radius 3 is 2.62 bits per heavy atom. The van der Waals surface area contributed by atoms with Gasteiger partial charge in [0.2, 0.25) is 5.72 Å². The Morgan fingerprint density at radius 1 is 1.48 bits per heavy atom. The van der Waals surface area contributed by atoms with Gasteiger partial charge in [-0.3, -0.25) is 14.9 Å². The van der Waals surface area contributed by atoms with Gasteiger partial charge in [0, 0.05) is 12.3 Å². The van der Waals surface area contributed by atoms with E-state index in [1.165, 1.54) is 6.20 Å². The van der Waals surface area contributed by atoms with Crippen molar-refractivity contribution in [1.82, 2.24) is 20.2 Å². The third kappa shape index (κ3) is 2.84. The van der Waals surface area contributed by atoms with E-state index in [2.05, 4.69) is 5.10 Å². The summed E-state index contributed by atoms with van der Waals surface area (Å²) >= 11 is 0. The highest BCUT2D eigenvalue weighted by molar-refractivity contribution is 5.77. The average Bonchev–Trinajstić information content (AvgIpc) is 2.94. The summed E-state index contributed by atoms with van der Waals surface area (Å²) in [7, 11) is 0. The molecule has 0 spiro atoms. The second kappa shape index (κ2) is 5.35. The predicted molar refractivity (Wildman–Crippen MR) is 62.0 cm³/mol. The summed E-state index contributed by atoms with van der Waals surface area (Å²) in [5.41, 5.74) is -1.67. The molecule has 116 valence electrons. The van der Waals surface area contributed by atoms with Crippen molar-refractivity contribution >= 4 is 5.91 Å². The maximum Gasteiger partial charge on any atom is 0.291 e. The average molecular weight is 308 g/mol. The van der Waals surface area contributed by atoms with Crippen molar-refractivity contribution in [2.75, 3.05) is 0 Å². The smallest absolute Gasteiger partial charge is 0.291 e. The van der Waals surface area contributed by atoms with E-state index >= 15 is 0 Å². The molecule has 0 aromatic carbocycles. The van der Waals surface area contributed by atoms with Gasteiger partial charge >= 0.3 is 0 Å². The number of aromatic nitrogens is 2. The Hall–Kier alpha value is -2.10. The highest BCUT2D eigenvalue weighted by atomic mass is 19.3. The number of halogens is 4. The molecule has 1 aliphatic heterocycles. The summed E-state index contributed by atoms with van der Waals surface area (Å²) in [6, 6.07) is 1.58. The maximum atomic E-state index is 12.9. The van der Waals surface area contributed by atoms with Crippen LogP contribution in [0.4, 0.5) is 17.6 Å². The van der Waals surface area contributed by atoms with Gasteiger partial charge in [0.25, 0.3) is 18.8 Å². The highest BCUT2D eigenvalue weighted by Gasteiger charge is 2.50. The fraction of sp³-hybridized carbons (Fsp3) is 0.455. The molecule has 1 aromatic rings. The summed E-state index contributed by atoms with van der Waals surface area (Å²) in [4.78, 5) is 11.9. The Labute approximate surface area is 116 Å². The van der Waals surface area contributed by atoms with Gasteiger partial charge in [0.15, 0.2) is 0 Å². The van der Waals surface area contributed by atoms with Crippen LogP contribution in [-0.2, 0) is 11.3 Å². The van der Waals surface area contributed by atoms with E-state index in [9.17, 15) is 27.5 Å². The second-order valence-corrected chi connectivity index (χ2v) is 4.48. The lowest BCUT2D eigenvalue weighted by Gasteiger charge is -2.31. The van der Waals surface area contributed by atoms with Crippen LogP contribution in [0, 0.1) is 6.92 Å². The largest absolute Gasteiger partial charge is 0.361 e. The zero-order valence-electron chi connectivity index (χ0n) is 10.8. The molecule has 10 heteroatoms. The zero-order valence-corrected chi connectivity index (χ0v) is 10.8. The summed E-state index contributed by atoms with van der Waals surface area (Å²) < 4.78 is 52.1. The van der Waals surface area contributed by atoms with Gasteiger partial charge in [-0.1, -0.05) is 0 Å². The minimum absolute atomic E-state index is 0.0934. The fourth-order valence-electron chi connectivity index (χ4n) is 1.84. The molecule has 6 nitrogen and oxygen atoms in total. The molecule has 1 aromatic heterocycles. The summed E-state index contributed by atoms with van der Waals surface area (Å²) in [5, 5.41) is 13.7. The molecule has 0 saturated carbocycles. The quantitative estimate of drug-likeness (QED) is 0.801. The molecule has 1 amide bonds. The Balaban J connectivity index is 2.20. The number of amides is 1. The highest BCUT2D eigenvalue weighted by Crippen LogP contribution is 2.30. The molecular formula is C11H12F4N4O2. The minimum atomic E-state index is -3.45. The van der Waals surface area contributed by atoms with Crippen LogP contribution < -0.4 is 5.43 Å². The number of carbonyl (C=O) groups excluding carboxylic acids is 1. The molecule has 1 aliphatic rings. The van der Waals surface area contributed by atoms with Gasteiger partial charge in [-0.05, 0) is 13.0 Å². The lowest BCUT2D eigenvalue weighted by atomic mass is 10.2. The van der Waals surface area contributed by atoms with Crippen LogP contribution in [0.5, 0.6) is 0 Å². The number of hydrazine groups is 1. The van der Waals surface area contributed by atoms with Crippen molar-refractivity contribution in [1.29, 1.82) is 0 Å². The van der Waals surface area contributed by atoms with Crippen LogP contribution >= 0.6 is 0 Å². The van der Waals surface area contributed by atoms with Gasteiger partial charge in [0.1, 0.15) is 6.54 Å². The van der Waals surface area contributed by atoms with Gasteiger partial charge in [-0.2, -0.15) is 5.10 Å². The van der Waals surface area contributed by atoms with Crippen LogP contribution in [0.15, 0.2) is 24.0 Å². The van der Waals surface area contributed by atoms with Gasteiger partial charge in [-0.25, -0.2) is 22.6 Å². The number of aryl methyl sites for hydroxylation is 1.